The number of benzene rings is 1. The van der Waals surface area contributed by atoms with Crippen molar-refractivity contribution in [2.45, 2.75) is 71.9 Å². The topological polar surface area (TPSA) is 93.5 Å². The second kappa shape index (κ2) is 8.60. The SMILES string of the molecule is Cc1noc(C)c1-c1ccc(NC(=O)[C@@H](NC(=O)OC(C)(C)C)C(C2CC2)C2CC2)cc1. The summed E-state index contributed by atoms with van der Waals surface area (Å²) in [5.74, 6) is 1.72. The molecular weight excluding hydrogens is 406 g/mol. The summed E-state index contributed by atoms with van der Waals surface area (Å²) in [5, 5.41) is 9.91. The van der Waals surface area contributed by atoms with Gasteiger partial charge in [0.1, 0.15) is 17.4 Å². The standard InChI is InChI=1S/C25H33N3O4/c1-14-20(15(2)32-28-14)16-10-12-19(13-11-16)26-23(29)22(27-24(30)31-25(3,4)5)21(17-6-7-17)18-8-9-18/h10-13,17-18,21-22H,6-9H2,1-5H3,(H,26,29)(H,27,30)/t22-/m0/s1. The number of nitrogens with one attached hydrogen (secondary N) is 2. The van der Waals surface area contributed by atoms with E-state index in [0.717, 1.165) is 48.3 Å². The molecule has 4 rings (SSSR count). The number of anilines is 1. The molecule has 0 bridgehead atoms. The van der Waals surface area contributed by atoms with E-state index in [2.05, 4.69) is 15.8 Å². The number of carbonyl (C=O) groups is 2. The summed E-state index contributed by atoms with van der Waals surface area (Å²) in [6.07, 6.45) is 3.93. The minimum atomic E-state index is -0.617. The first kappa shape index (κ1) is 22.4. The zero-order valence-electron chi connectivity index (χ0n) is 19.5. The van der Waals surface area contributed by atoms with Crippen LogP contribution >= 0.6 is 0 Å². The van der Waals surface area contributed by atoms with Crippen molar-refractivity contribution >= 4 is 17.7 Å². The fourth-order valence-corrected chi connectivity index (χ4v) is 4.50. The van der Waals surface area contributed by atoms with Crippen LogP contribution in [0.25, 0.3) is 11.1 Å². The van der Waals surface area contributed by atoms with Crippen LogP contribution in [0.15, 0.2) is 28.8 Å². The first-order chi connectivity index (χ1) is 15.1. The third kappa shape index (κ3) is 5.31. The highest BCUT2D eigenvalue weighted by Crippen LogP contribution is 2.51. The number of hydrogen-bond donors (Lipinski definition) is 2. The van der Waals surface area contributed by atoms with Gasteiger partial charge in [-0.25, -0.2) is 4.79 Å². The molecule has 1 aromatic heterocycles. The van der Waals surface area contributed by atoms with Crippen LogP contribution in [0.2, 0.25) is 0 Å². The lowest BCUT2D eigenvalue weighted by Crippen LogP contribution is -2.51. The largest absolute Gasteiger partial charge is 0.444 e. The number of carbonyl (C=O) groups excluding carboxylic acids is 2. The van der Waals surface area contributed by atoms with Gasteiger partial charge in [0.25, 0.3) is 0 Å². The summed E-state index contributed by atoms with van der Waals surface area (Å²) < 4.78 is 10.7. The lowest BCUT2D eigenvalue weighted by atomic mass is 9.88. The van der Waals surface area contributed by atoms with Crippen LogP contribution in [0, 0.1) is 31.6 Å². The van der Waals surface area contributed by atoms with E-state index in [1.807, 2.05) is 58.9 Å². The predicted octanol–water partition coefficient (Wildman–Crippen LogP) is 5.23. The number of amides is 2. The van der Waals surface area contributed by atoms with Crippen molar-refractivity contribution in [2.24, 2.45) is 17.8 Å². The summed E-state index contributed by atoms with van der Waals surface area (Å²) in [6.45, 7) is 9.25. The minimum absolute atomic E-state index is 0.157. The summed E-state index contributed by atoms with van der Waals surface area (Å²) in [4.78, 5) is 25.9. The quantitative estimate of drug-likeness (QED) is 0.616. The Labute approximate surface area is 189 Å². The molecule has 0 unspecified atom stereocenters. The van der Waals surface area contributed by atoms with E-state index >= 15 is 0 Å². The molecule has 32 heavy (non-hydrogen) atoms. The Morgan fingerprint density at radius 2 is 1.66 bits per heavy atom. The van der Waals surface area contributed by atoms with Crippen LogP contribution < -0.4 is 10.6 Å². The average molecular weight is 440 g/mol. The van der Waals surface area contributed by atoms with Gasteiger partial charge in [-0.1, -0.05) is 17.3 Å². The van der Waals surface area contributed by atoms with Crippen molar-refractivity contribution in [1.82, 2.24) is 10.5 Å². The van der Waals surface area contributed by atoms with E-state index < -0.39 is 17.7 Å². The number of aromatic nitrogens is 1. The van der Waals surface area contributed by atoms with Crippen LogP contribution in [0.3, 0.4) is 0 Å². The minimum Gasteiger partial charge on any atom is -0.444 e. The Hall–Kier alpha value is -2.83. The Morgan fingerprint density at radius 3 is 2.12 bits per heavy atom. The van der Waals surface area contributed by atoms with Crippen LogP contribution in [0.4, 0.5) is 10.5 Å². The molecule has 172 valence electrons. The maximum absolute atomic E-state index is 13.3. The van der Waals surface area contributed by atoms with Gasteiger partial charge in [-0.15, -0.1) is 0 Å². The Bertz CT molecular complexity index is 950. The smallest absolute Gasteiger partial charge is 0.408 e. The molecular formula is C25H33N3O4. The van der Waals surface area contributed by atoms with Gasteiger partial charge in [-0.3, -0.25) is 4.79 Å². The molecule has 0 aliphatic heterocycles. The fourth-order valence-electron chi connectivity index (χ4n) is 4.50. The highest BCUT2D eigenvalue weighted by molar-refractivity contribution is 5.97. The highest BCUT2D eigenvalue weighted by atomic mass is 16.6. The Balaban J connectivity index is 1.50. The van der Waals surface area contributed by atoms with E-state index in [1.165, 1.54) is 0 Å². The van der Waals surface area contributed by atoms with Gasteiger partial charge in [0.2, 0.25) is 5.91 Å². The van der Waals surface area contributed by atoms with Crippen molar-refractivity contribution in [3.63, 3.8) is 0 Å². The van der Waals surface area contributed by atoms with Gasteiger partial charge in [0.15, 0.2) is 0 Å². The van der Waals surface area contributed by atoms with Gasteiger partial charge < -0.3 is 19.9 Å². The maximum atomic E-state index is 13.3. The number of aryl methyl sites for hydroxylation is 2. The highest BCUT2D eigenvalue weighted by Gasteiger charge is 2.48. The summed E-state index contributed by atoms with van der Waals surface area (Å²) in [7, 11) is 0. The molecule has 7 nitrogen and oxygen atoms in total. The van der Waals surface area contributed by atoms with Crippen molar-refractivity contribution in [3.05, 3.63) is 35.7 Å². The normalized spacial score (nSPS) is 17.2. The molecule has 2 aromatic rings. The fraction of sp³-hybridized carbons (Fsp3) is 0.560. The second-order valence-electron chi connectivity index (χ2n) is 10.1. The van der Waals surface area contributed by atoms with Gasteiger partial charge in [0.05, 0.1) is 5.69 Å². The van der Waals surface area contributed by atoms with Crippen molar-refractivity contribution in [2.75, 3.05) is 5.32 Å². The first-order valence-electron chi connectivity index (χ1n) is 11.5. The molecule has 2 N–H and O–H groups in total. The molecule has 2 fully saturated rings. The lowest BCUT2D eigenvalue weighted by molar-refractivity contribution is -0.120. The second-order valence-corrected chi connectivity index (χ2v) is 10.1. The van der Waals surface area contributed by atoms with Gasteiger partial charge in [0, 0.05) is 11.3 Å². The number of ether oxygens (including phenoxy) is 1. The molecule has 2 aliphatic rings. The third-order valence-corrected chi connectivity index (χ3v) is 6.15. The van der Waals surface area contributed by atoms with Gasteiger partial charge >= 0.3 is 6.09 Å². The van der Waals surface area contributed by atoms with Gasteiger partial charge in [-0.05, 0) is 95.8 Å². The van der Waals surface area contributed by atoms with E-state index in [1.54, 1.807) is 0 Å². The maximum Gasteiger partial charge on any atom is 0.408 e. The molecule has 2 aliphatic carbocycles. The number of nitrogens with zero attached hydrogens (tertiary/aromatic N) is 1. The molecule has 0 spiro atoms. The number of hydrogen-bond acceptors (Lipinski definition) is 5. The number of alkyl carbamates (subject to hydrolysis) is 1. The van der Waals surface area contributed by atoms with E-state index in [-0.39, 0.29) is 11.8 Å². The molecule has 1 aromatic carbocycles. The summed E-state index contributed by atoms with van der Waals surface area (Å²) in [5.41, 5.74) is 2.85. The average Bonchev–Trinajstić information content (AvgIpc) is 3.62. The Kier molecular flexibility index (Phi) is 6.01. The zero-order valence-corrected chi connectivity index (χ0v) is 19.5. The molecule has 2 saturated carbocycles. The first-order valence-corrected chi connectivity index (χ1v) is 11.5. The molecule has 1 heterocycles. The molecule has 7 heteroatoms. The molecule has 0 saturated heterocycles. The third-order valence-electron chi connectivity index (χ3n) is 6.15. The van der Waals surface area contributed by atoms with Crippen LogP contribution in [0.1, 0.15) is 57.9 Å². The monoisotopic (exact) mass is 439 g/mol. The summed E-state index contributed by atoms with van der Waals surface area (Å²) >= 11 is 0. The van der Waals surface area contributed by atoms with Crippen molar-refractivity contribution in [3.8, 4) is 11.1 Å². The lowest BCUT2D eigenvalue weighted by Gasteiger charge is -2.29. The van der Waals surface area contributed by atoms with Crippen LogP contribution in [-0.4, -0.2) is 28.8 Å². The van der Waals surface area contributed by atoms with Crippen LogP contribution in [-0.2, 0) is 9.53 Å². The molecule has 2 amide bonds. The summed E-state index contributed by atoms with van der Waals surface area (Å²) in [6, 6.07) is 7.02. The van der Waals surface area contributed by atoms with Crippen LogP contribution in [0.5, 0.6) is 0 Å². The van der Waals surface area contributed by atoms with Crippen molar-refractivity contribution < 1.29 is 18.8 Å². The Morgan fingerprint density at radius 1 is 1.06 bits per heavy atom. The van der Waals surface area contributed by atoms with E-state index in [4.69, 9.17) is 9.26 Å². The number of rotatable bonds is 7. The van der Waals surface area contributed by atoms with E-state index in [0.29, 0.717) is 17.5 Å². The van der Waals surface area contributed by atoms with E-state index in [9.17, 15) is 9.59 Å². The zero-order chi connectivity index (χ0) is 23.0. The van der Waals surface area contributed by atoms with Crippen molar-refractivity contribution in [1.29, 1.82) is 0 Å². The molecule has 0 radical (unpaired) electrons. The van der Waals surface area contributed by atoms with Gasteiger partial charge in [-0.2, -0.15) is 0 Å². The molecule has 1 atom stereocenters. The predicted molar refractivity (Wildman–Crippen MR) is 122 cm³/mol.